The molecule has 0 atom stereocenters. The standard InChI is InChI=1S/C27H30N4O/c1-22-20-26(12-11-24(22)10-9-23-8-7-17-28-21-23)30-29-25-13-15-27(16-14-25)31(2)18-5-3-4-6-19-32/h7-8,11-17,20-21,32H,3-6,18-19H2,1-2H3. The highest BCUT2D eigenvalue weighted by Crippen LogP contribution is 2.23. The van der Waals surface area contributed by atoms with Crippen molar-refractivity contribution in [2.24, 2.45) is 10.2 Å². The number of aromatic nitrogens is 1. The Bertz CT molecular complexity index is 1070. The van der Waals surface area contributed by atoms with Crippen molar-refractivity contribution in [2.75, 3.05) is 25.1 Å². The van der Waals surface area contributed by atoms with E-state index >= 15 is 0 Å². The molecular formula is C27H30N4O. The predicted molar refractivity (Wildman–Crippen MR) is 131 cm³/mol. The predicted octanol–water partition coefficient (Wildman–Crippen LogP) is 6.19. The van der Waals surface area contributed by atoms with E-state index in [2.05, 4.69) is 51.1 Å². The fraction of sp³-hybridized carbons (Fsp3) is 0.296. The number of benzene rings is 2. The highest BCUT2D eigenvalue weighted by molar-refractivity contribution is 5.54. The highest BCUT2D eigenvalue weighted by atomic mass is 16.2. The maximum absolute atomic E-state index is 8.85. The van der Waals surface area contributed by atoms with E-state index in [0.29, 0.717) is 0 Å². The minimum Gasteiger partial charge on any atom is -0.396 e. The molecule has 0 radical (unpaired) electrons. The van der Waals surface area contributed by atoms with Crippen molar-refractivity contribution in [3.8, 4) is 11.8 Å². The van der Waals surface area contributed by atoms with Crippen molar-refractivity contribution in [1.29, 1.82) is 0 Å². The molecule has 3 aromatic rings. The lowest BCUT2D eigenvalue weighted by molar-refractivity contribution is 0.282. The van der Waals surface area contributed by atoms with Crippen molar-refractivity contribution in [3.05, 3.63) is 83.7 Å². The summed E-state index contributed by atoms with van der Waals surface area (Å²) in [6, 6.07) is 17.9. The van der Waals surface area contributed by atoms with Crippen LogP contribution in [-0.4, -0.2) is 30.3 Å². The number of rotatable bonds is 9. The number of aliphatic hydroxyl groups is 1. The molecule has 32 heavy (non-hydrogen) atoms. The molecule has 0 saturated carbocycles. The molecule has 0 amide bonds. The zero-order chi connectivity index (χ0) is 22.6. The molecule has 0 aliphatic carbocycles. The number of nitrogens with zero attached hydrogens (tertiary/aromatic N) is 4. The zero-order valence-electron chi connectivity index (χ0n) is 18.8. The summed E-state index contributed by atoms with van der Waals surface area (Å²) in [6.07, 6.45) is 7.74. The van der Waals surface area contributed by atoms with Crippen LogP contribution in [0.4, 0.5) is 17.1 Å². The van der Waals surface area contributed by atoms with E-state index in [1.807, 2.05) is 49.4 Å². The molecule has 5 heteroatoms. The van der Waals surface area contributed by atoms with E-state index < -0.39 is 0 Å². The van der Waals surface area contributed by atoms with Crippen molar-refractivity contribution >= 4 is 17.1 Å². The van der Waals surface area contributed by atoms with Crippen molar-refractivity contribution in [3.63, 3.8) is 0 Å². The van der Waals surface area contributed by atoms with Gasteiger partial charge in [0.1, 0.15) is 0 Å². The number of pyridine rings is 1. The van der Waals surface area contributed by atoms with Gasteiger partial charge in [0.2, 0.25) is 0 Å². The van der Waals surface area contributed by atoms with Crippen LogP contribution in [0.2, 0.25) is 0 Å². The second-order valence-corrected chi connectivity index (χ2v) is 7.77. The van der Waals surface area contributed by atoms with Gasteiger partial charge in [-0.05, 0) is 79.9 Å². The lowest BCUT2D eigenvalue weighted by atomic mass is 10.1. The zero-order valence-corrected chi connectivity index (χ0v) is 18.8. The highest BCUT2D eigenvalue weighted by Gasteiger charge is 2.02. The molecule has 0 unspecified atom stereocenters. The molecule has 3 rings (SSSR count). The first-order valence-corrected chi connectivity index (χ1v) is 11.0. The topological polar surface area (TPSA) is 61.1 Å². The van der Waals surface area contributed by atoms with E-state index in [0.717, 1.165) is 60.3 Å². The van der Waals surface area contributed by atoms with Crippen LogP contribution >= 0.6 is 0 Å². The van der Waals surface area contributed by atoms with Gasteiger partial charge in [-0.15, -0.1) is 0 Å². The smallest absolute Gasteiger partial charge is 0.0860 e. The lowest BCUT2D eigenvalue weighted by Crippen LogP contribution is -2.18. The molecule has 1 N–H and O–H groups in total. The molecule has 2 aromatic carbocycles. The molecule has 0 fully saturated rings. The van der Waals surface area contributed by atoms with Gasteiger partial charge in [-0.25, -0.2) is 0 Å². The summed E-state index contributed by atoms with van der Waals surface area (Å²) in [4.78, 5) is 6.33. The summed E-state index contributed by atoms with van der Waals surface area (Å²) < 4.78 is 0. The van der Waals surface area contributed by atoms with Crippen LogP contribution < -0.4 is 4.90 Å². The fourth-order valence-corrected chi connectivity index (χ4v) is 3.26. The maximum atomic E-state index is 8.85. The van der Waals surface area contributed by atoms with E-state index in [4.69, 9.17) is 5.11 Å². The van der Waals surface area contributed by atoms with Crippen LogP contribution in [0.5, 0.6) is 0 Å². The van der Waals surface area contributed by atoms with E-state index in [1.54, 1.807) is 12.4 Å². The molecular weight excluding hydrogens is 396 g/mol. The lowest BCUT2D eigenvalue weighted by Gasteiger charge is -2.19. The Morgan fingerprint density at radius 3 is 2.38 bits per heavy atom. The van der Waals surface area contributed by atoms with Crippen LogP contribution in [-0.2, 0) is 0 Å². The largest absolute Gasteiger partial charge is 0.396 e. The first-order valence-electron chi connectivity index (χ1n) is 11.0. The molecule has 0 aliphatic rings. The minimum absolute atomic E-state index is 0.288. The van der Waals surface area contributed by atoms with Gasteiger partial charge in [0.25, 0.3) is 0 Å². The molecule has 5 nitrogen and oxygen atoms in total. The van der Waals surface area contributed by atoms with Gasteiger partial charge in [-0.2, -0.15) is 10.2 Å². The Kier molecular flexibility index (Phi) is 8.97. The Hall–Kier alpha value is -3.49. The summed E-state index contributed by atoms with van der Waals surface area (Å²) >= 11 is 0. The average molecular weight is 427 g/mol. The third kappa shape index (κ3) is 7.33. The number of azo groups is 1. The molecule has 0 spiro atoms. The van der Waals surface area contributed by atoms with Gasteiger partial charge < -0.3 is 10.0 Å². The van der Waals surface area contributed by atoms with Gasteiger partial charge in [0, 0.05) is 49.4 Å². The molecule has 164 valence electrons. The van der Waals surface area contributed by atoms with Gasteiger partial charge in [0.15, 0.2) is 0 Å². The van der Waals surface area contributed by atoms with Gasteiger partial charge >= 0.3 is 0 Å². The maximum Gasteiger partial charge on any atom is 0.0860 e. The quantitative estimate of drug-likeness (QED) is 0.252. The summed E-state index contributed by atoms with van der Waals surface area (Å²) in [5.41, 5.74) is 5.72. The Morgan fingerprint density at radius 1 is 0.906 bits per heavy atom. The van der Waals surface area contributed by atoms with Crippen molar-refractivity contribution < 1.29 is 5.11 Å². The Labute approximate surface area is 190 Å². The SMILES string of the molecule is Cc1cc(N=Nc2ccc(N(C)CCCCCCO)cc2)ccc1C#Cc1cccnc1. The van der Waals surface area contributed by atoms with Gasteiger partial charge in [-0.3, -0.25) is 4.98 Å². The van der Waals surface area contributed by atoms with Crippen LogP contribution in [0.1, 0.15) is 42.4 Å². The molecule has 0 aliphatic heterocycles. The summed E-state index contributed by atoms with van der Waals surface area (Å²) in [6.45, 7) is 3.32. The molecule has 1 heterocycles. The number of hydrogen-bond donors (Lipinski definition) is 1. The van der Waals surface area contributed by atoms with Crippen LogP contribution in [0.15, 0.2) is 77.2 Å². The third-order valence-corrected chi connectivity index (χ3v) is 5.19. The third-order valence-electron chi connectivity index (χ3n) is 5.19. The molecule has 0 saturated heterocycles. The summed E-state index contributed by atoms with van der Waals surface area (Å²) in [7, 11) is 2.10. The number of anilines is 1. The molecule has 0 bridgehead atoms. The second kappa shape index (κ2) is 12.4. The average Bonchev–Trinajstić information content (AvgIpc) is 2.83. The van der Waals surface area contributed by atoms with Crippen molar-refractivity contribution in [2.45, 2.75) is 32.6 Å². The summed E-state index contributed by atoms with van der Waals surface area (Å²) in [5.74, 6) is 6.33. The number of aryl methyl sites for hydroxylation is 1. The summed E-state index contributed by atoms with van der Waals surface area (Å²) in [5, 5.41) is 17.6. The van der Waals surface area contributed by atoms with Crippen LogP contribution in [0.3, 0.4) is 0 Å². The van der Waals surface area contributed by atoms with Gasteiger partial charge in [-0.1, -0.05) is 24.7 Å². The minimum atomic E-state index is 0.288. The van der Waals surface area contributed by atoms with Crippen LogP contribution in [0, 0.1) is 18.8 Å². The second-order valence-electron chi connectivity index (χ2n) is 7.77. The monoisotopic (exact) mass is 426 g/mol. The first kappa shape index (κ1) is 23.2. The normalized spacial score (nSPS) is 10.7. The fourth-order valence-electron chi connectivity index (χ4n) is 3.26. The van der Waals surface area contributed by atoms with E-state index in [9.17, 15) is 0 Å². The Balaban J connectivity index is 1.57. The van der Waals surface area contributed by atoms with Crippen molar-refractivity contribution in [1.82, 2.24) is 4.98 Å². The number of unbranched alkanes of at least 4 members (excludes halogenated alkanes) is 3. The Morgan fingerprint density at radius 2 is 1.66 bits per heavy atom. The van der Waals surface area contributed by atoms with E-state index in [1.165, 1.54) is 5.69 Å². The number of aliphatic hydroxyl groups excluding tert-OH is 1. The molecule has 1 aromatic heterocycles. The van der Waals surface area contributed by atoms with Crippen LogP contribution in [0.25, 0.3) is 0 Å². The first-order chi connectivity index (χ1) is 15.7. The van der Waals surface area contributed by atoms with E-state index in [-0.39, 0.29) is 6.61 Å². The number of hydrogen-bond acceptors (Lipinski definition) is 5. The van der Waals surface area contributed by atoms with Gasteiger partial charge in [0.05, 0.1) is 11.4 Å².